The molecule has 1 aliphatic carbocycles. The van der Waals surface area contributed by atoms with Crippen LogP contribution in [-0.4, -0.2) is 24.3 Å². The van der Waals surface area contributed by atoms with Crippen LogP contribution in [0, 0.1) is 23.7 Å². The predicted molar refractivity (Wildman–Crippen MR) is 152 cm³/mol. The van der Waals surface area contributed by atoms with E-state index >= 15 is 0 Å². The molecule has 0 aromatic heterocycles. The molecule has 6 nitrogen and oxygen atoms in total. The summed E-state index contributed by atoms with van der Waals surface area (Å²) in [7, 11) is 0. The molecule has 1 saturated carbocycles. The number of unbranched alkanes of at least 4 members (excludes halogenated alkanes) is 1. The van der Waals surface area contributed by atoms with Crippen LogP contribution in [0.25, 0.3) is 11.1 Å². The zero-order valence-electron chi connectivity index (χ0n) is 23.1. The maximum Gasteiger partial charge on any atom is 0.254 e. The first kappa shape index (κ1) is 27.9. The zero-order valence-corrected chi connectivity index (χ0v) is 23.1. The van der Waals surface area contributed by atoms with E-state index in [9.17, 15) is 14.4 Å². The highest BCUT2D eigenvalue weighted by molar-refractivity contribution is 6.06. The lowest BCUT2D eigenvalue weighted by Gasteiger charge is -2.31. The molecular formula is C32H43N3O3. The number of carbonyl (C=O) groups excluding carboxylic acids is 3. The predicted octanol–water partition coefficient (Wildman–Crippen LogP) is 6.00. The van der Waals surface area contributed by atoms with E-state index in [0.29, 0.717) is 25.3 Å². The highest BCUT2D eigenvalue weighted by Gasteiger charge is 2.39. The third-order valence-electron chi connectivity index (χ3n) is 8.25. The van der Waals surface area contributed by atoms with Crippen molar-refractivity contribution in [3.8, 4) is 11.1 Å². The number of benzene rings is 2. The molecule has 38 heavy (non-hydrogen) atoms. The summed E-state index contributed by atoms with van der Waals surface area (Å²) in [5.41, 5.74) is 9.47. The van der Waals surface area contributed by atoms with Gasteiger partial charge >= 0.3 is 0 Å². The topological polar surface area (TPSA) is 92.5 Å². The molecule has 2 aliphatic rings. The van der Waals surface area contributed by atoms with Crippen LogP contribution in [0.5, 0.6) is 0 Å². The zero-order chi connectivity index (χ0) is 27.2. The molecule has 3 N–H and O–H groups in total. The number of primary amides is 1. The van der Waals surface area contributed by atoms with Crippen molar-refractivity contribution in [1.82, 2.24) is 5.32 Å². The number of nitrogens with one attached hydrogen (secondary N) is 1. The molecule has 204 valence electrons. The maximum absolute atomic E-state index is 14.3. The average molecular weight is 518 g/mol. The number of nitrogens with zero attached hydrogens (tertiary/aromatic N) is 1. The molecule has 1 fully saturated rings. The fraction of sp³-hybridized carbons (Fsp3) is 0.531. The van der Waals surface area contributed by atoms with Crippen LogP contribution < -0.4 is 16.0 Å². The van der Waals surface area contributed by atoms with Gasteiger partial charge in [0, 0.05) is 23.9 Å². The smallest absolute Gasteiger partial charge is 0.254 e. The minimum absolute atomic E-state index is 0.116. The molecule has 3 amide bonds. The quantitative estimate of drug-likeness (QED) is 0.383. The van der Waals surface area contributed by atoms with Gasteiger partial charge in [0.2, 0.25) is 11.8 Å². The van der Waals surface area contributed by atoms with E-state index < -0.39 is 23.8 Å². The Balaban J connectivity index is 1.73. The molecule has 0 bridgehead atoms. The lowest BCUT2D eigenvalue weighted by atomic mass is 9.81. The van der Waals surface area contributed by atoms with Crippen molar-refractivity contribution in [3.05, 3.63) is 54.1 Å². The van der Waals surface area contributed by atoms with E-state index in [2.05, 4.69) is 18.3 Å². The number of hydrogen-bond acceptors (Lipinski definition) is 3. The number of amides is 3. The van der Waals surface area contributed by atoms with E-state index in [1.807, 2.05) is 61.2 Å². The summed E-state index contributed by atoms with van der Waals surface area (Å²) in [6, 6.07) is 15.1. The van der Waals surface area contributed by atoms with Gasteiger partial charge in [0.1, 0.15) is 6.04 Å². The summed E-state index contributed by atoms with van der Waals surface area (Å²) >= 11 is 0. The van der Waals surface area contributed by atoms with Crippen LogP contribution in [0.4, 0.5) is 5.69 Å². The van der Waals surface area contributed by atoms with E-state index in [4.69, 9.17) is 5.73 Å². The number of rotatable bonds is 11. The van der Waals surface area contributed by atoms with Gasteiger partial charge in [0.25, 0.3) is 5.91 Å². The van der Waals surface area contributed by atoms with Crippen molar-refractivity contribution >= 4 is 23.4 Å². The Labute approximate surface area is 227 Å². The Morgan fingerprint density at radius 3 is 2.32 bits per heavy atom. The van der Waals surface area contributed by atoms with Gasteiger partial charge < -0.3 is 16.0 Å². The molecule has 2 aromatic carbocycles. The fourth-order valence-corrected chi connectivity index (χ4v) is 6.29. The van der Waals surface area contributed by atoms with Crippen LogP contribution >= 0.6 is 0 Å². The second-order valence-corrected chi connectivity index (χ2v) is 11.5. The molecule has 1 heterocycles. The standard InChI is InChI=1S/C32H43N3O3/c1-4-5-14-26(30(33)36)27(19-21(2)3)31(37)34-29-25-17-9-8-15-23(25)24-16-10-11-18-28(24)35(32(29)38)20-22-12-6-7-13-22/h8-11,15-18,21-22,26-27,29H,4-7,12-14,19-20H2,1-3H3,(H2,33,36)(H,34,37). The highest BCUT2D eigenvalue weighted by Crippen LogP contribution is 2.41. The van der Waals surface area contributed by atoms with Crippen molar-refractivity contribution in [3.63, 3.8) is 0 Å². The minimum Gasteiger partial charge on any atom is -0.369 e. The van der Waals surface area contributed by atoms with E-state index in [-0.39, 0.29) is 17.7 Å². The summed E-state index contributed by atoms with van der Waals surface area (Å²) in [6.45, 7) is 6.80. The number of nitrogens with two attached hydrogens (primary N) is 1. The normalized spacial score (nSPS) is 19.0. The number of hydrogen-bond donors (Lipinski definition) is 2. The van der Waals surface area contributed by atoms with Crippen molar-refractivity contribution in [2.24, 2.45) is 29.4 Å². The largest absolute Gasteiger partial charge is 0.369 e. The Morgan fingerprint density at radius 2 is 1.66 bits per heavy atom. The molecule has 3 unspecified atom stereocenters. The number of para-hydroxylation sites is 1. The first-order valence-electron chi connectivity index (χ1n) is 14.4. The molecular weight excluding hydrogens is 474 g/mol. The molecule has 2 aromatic rings. The van der Waals surface area contributed by atoms with E-state index in [0.717, 1.165) is 48.1 Å². The summed E-state index contributed by atoms with van der Waals surface area (Å²) in [5.74, 6) is -1.30. The number of carbonyl (C=O) groups is 3. The van der Waals surface area contributed by atoms with E-state index in [1.165, 1.54) is 12.8 Å². The van der Waals surface area contributed by atoms with Crippen LogP contribution in [0.15, 0.2) is 48.5 Å². The Bertz CT molecular complexity index is 1140. The SMILES string of the molecule is CCCCC(C(N)=O)C(CC(C)C)C(=O)NC1C(=O)N(CC2CCCC2)c2ccccc2-c2ccccc21. The average Bonchev–Trinajstić information content (AvgIpc) is 3.39. The summed E-state index contributed by atoms with van der Waals surface area (Å²) in [5, 5.41) is 3.13. The highest BCUT2D eigenvalue weighted by atomic mass is 16.2. The van der Waals surface area contributed by atoms with Gasteiger partial charge in [-0.25, -0.2) is 0 Å². The van der Waals surface area contributed by atoms with Gasteiger partial charge in [0.05, 0.1) is 5.69 Å². The molecule has 0 saturated heterocycles. The summed E-state index contributed by atoms with van der Waals surface area (Å²) in [6.07, 6.45) is 7.47. The Hall–Kier alpha value is -3.15. The van der Waals surface area contributed by atoms with Crippen LogP contribution in [-0.2, 0) is 14.4 Å². The second kappa shape index (κ2) is 12.6. The first-order chi connectivity index (χ1) is 18.3. The lowest BCUT2D eigenvalue weighted by Crippen LogP contribution is -2.48. The molecule has 0 radical (unpaired) electrons. The van der Waals surface area contributed by atoms with Gasteiger partial charge in [-0.3, -0.25) is 14.4 Å². The Kier molecular flexibility index (Phi) is 9.24. The van der Waals surface area contributed by atoms with Crippen molar-refractivity contribution in [2.45, 2.75) is 78.2 Å². The molecule has 1 aliphatic heterocycles. The third-order valence-corrected chi connectivity index (χ3v) is 8.25. The maximum atomic E-state index is 14.3. The minimum atomic E-state index is -0.832. The van der Waals surface area contributed by atoms with Crippen LogP contribution in [0.1, 0.15) is 83.7 Å². The fourth-order valence-electron chi connectivity index (χ4n) is 6.29. The van der Waals surface area contributed by atoms with Crippen LogP contribution in [0.3, 0.4) is 0 Å². The number of fused-ring (bicyclic) bond motifs is 3. The first-order valence-corrected chi connectivity index (χ1v) is 14.4. The summed E-state index contributed by atoms with van der Waals surface area (Å²) in [4.78, 5) is 42.7. The second-order valence-electron chi connectivity index (χ2n) is 11.5. The summed E-state index contributed by atoms with van der Waals surface area (Å²) < 4.78 is 0. The van der Waals surface area contributed by atoms with Gasteiger partial charge in [-0.2, -0.15) is 0 Å². The monoisotopic (exact) mass is 517 g/mol. The Morgan fingerprint density at radius 1 is 1.00 bits per heavy atom. The van der Waals surface area contributed by atoms with Gasteiger partial charge in [-0.05, 0) is 54.7 Å². The van der Waals surface area contributed by atoms with Crippen molar-refractivity contribution < 1.29 is 14.4 Å². The van der Waals surface area contributed by atoms with Crippen molar-refractivity contribution in [2.75, 3.05) is 11.4 Å². The van der Waals surface area contributed by atoms with Gasteiger partial charge in [0.15, 0.2) is 0 Å². The molecule has 6 heteroatoms. The van der Waals surface area contributed by atoms with Gasteiger partial charge in [-0.15, -0.1) is 0 Å². The molecule has 0 spiro atoms. The molecule has 4 rings (SSSR count). The van der Waals surface area contributed by atoms with Crippen molar-refractivity contribution in [1.29, 1.82) is 0 Å². The number of anilines is 1. The van der Waals surface area contributed by atoms with Gasteiger partial charge in [-0.1, -0.05) is 88.9 Å². The van der Waals surface area contributed by atoms with E-state index in [1.54, 1.807) is 0 Å². The third kappa shape index (κ3) is 6.11. The molecule has 3 atom stereocenters. The lowest BCUT2D eigenvalue weighted by molar-refractivity contribution is -0.136. The van der Waals surface area contributed by atoms with Crippen LogP contribution in [0.2, 0.25) is 0 Å².